The molecule has 3 heterocycles. The summed E-state index contributed by atoms with van der Waals surface area (Å²) in [5.74, 6) is 0.917. The van der Waals surface area contributed by atoms with Crippen LogP contribution in [0.2, 0.25) is 0 Å². The number of H-pyrrole nitrogens is 1. The van der Waals surface area contributed by atoms with Crippen LogP contribution in [-0.2, 0) is 0 Å². The normalized spacial score (nSPS) is 20.1. The molecular weight excluding hydrogens is 270 g/mol. The molecule has 5 nitrogen and oxygen atoms in total. The van der Waals surface area contributed by atoms with Crippen LogP contribution in [0.15, 0.2) is 24.5 Å². The number of nitrogens with one attached hydrogen (secondary N) is 1. The SMILES string of the molecule is CCN1CCCC(n2c(-c3ccncc3)n[nH]c2=S)C1. The van der Waals surface area contributed by atoms with Crippen molar-refractivity contribution in [1.82, 2.24) is 24.6 Å². The van der Waals surface area contributed by atoms with Gasteiger partial charge >= 0.3 is 0 Å². The summed E-state index contributed by atoms with van der Waals surface area (Å²) in [6.07, 6.45) is 5.94. The molecule has 106 valence electrons. The lowest BCUT2D eigenvalue weighted by Crippen LogP contribution is -2.36. The highest BCUT2D eigenvalue weighted by Crippen LogP contribution is 2.27. The lowest BCUT2D eigenvalue weighted by molar-refractivity contribution is 0.185. The van der Waals surface area contributed by atoms with Gasteiger partial charge in [-0.25, -0.2) is 0 Å². The molecular formula is C14H19N5S. The van der Waals surface area contributed by atoms with Crippen LogP contribution in [0.4, 0.5) is 0 Å². The number of hydrogen-bond donors (Lipinski definition) is 1. The molecule has 1 saturated heterocycles. The molecule has 1 atom stereocenters. The van der Waals surface area contributed by atoms with Crippen LogP contribution in [-0.4, -0.2) is 44.3 Å². The highest BCUT2D eigenvalue weighted by atomic mass is 32.1. The summed E-state index contributed by atoms with van der Waals surface area (Å²) in [7, 11) is 0. The van der Waals surface area contributed by atoms with E-state index in [1.165, 1.54) is 13.0 Å². The van der Waals surface area contributed by atoms with Gasteiger partial charge in [0.15, 0.2) is 10.6 Å². The Morgan fingerprint density at radius 3 is 2.95 bits per heavy atom. The molecule has 6 heteroatoms. The number of likely N-dealkylation sites (N-methyl/N-ethyl adjacent to an activating group) is 1. The van der Waals surface area contributed by atoms with Gasteiger partial charge in [0.25, 0.3) is 0 Å². The molecule has 2 aromatic rings. The van der Waals surface area contributed by atoms with Crippen LogP contribution in [0.5, 0.6) is 0 Å². The monoisotopic (exact) mass is 289 g/mol. The van der Waals surface area contributed by atoms with Gasteiger partial charge in [-0.15, -0.1) is 0 Å². The van der Waals surface area contributed by atoms with Gasteiger partial charge < -0.3 is 4.90 Å². The third kappa shape index (κ3) is 2.53. The average Bonchev–Trinajstić information content (AvgIpc) is 2.90. The van der Waals surface area contributed by atoms with Crippen LogP contribution in [0.3, 0.4) is 0 Å². The van der Waals surface area contributed by atoms with E-state index in [9.17, 15) is 0 Å². The molecule has 1 aliphatic rings. The first-order valence-electron chi connectivity index (χ1n) is 7.09. The highest BCUT2D eigenvalue weighted by Gasteiger charge is 2.23. The quantitative estimate of drug-likeness (QED) is 0.883. The molecule has 0 aromatic carbocycles. The maximum absolute atomic E-state index is 5.44. The predicted octanol–water partition coefficient (Wildman–Crippen LogP) is 2.66. The van der Waals surface area contributed by atoms with Crippen molar-refractivity contribution >= 4 is 12.2 Å². The molecule has 0 bridgehead atoms. The van der Waals surface area contributed by atoms with E-state index in [0.717, 1.165) is 30.9 Å². The molecule has 1 unspecified atom stereocenters. The van der Waals surface area contributed by atoms with Crippen molar-refractivity contribution in [3.8, 4) is 11.4 Å². The Kier molecular flexibility index (Phi) is 3.93. The number of likely N-dealkylation sites (tertiary alicyclic amines) is 1. The summed E-state index contributed by atoms with van der Waals surface area (Å²) in [5, 5.41) is 7.35. The maximum atomic E-state index is 5.44. The van der Waals surface area contributed by atoms with Crippen LogP contribution < -0.4 is 0 Å². The smallest absolute Gasteiger partial charge is 0.195 e. The molecule has 1 N–H and O–H groups in total. The van der Waals surface area contributed by atoms with E-state index >= 15 is 0 Å². The molecule has 0 spiro atoms. The second-order valence-corrected chi connectivity index (χ2v) is 5.53. The second kappa shape index (κ2) is 5.85. The van der Waals surface area contributed by atoms with Crippen LogP contribution >= 0.6 is 12.2 Å². The number of piperidine rings is 1. The summed E-state index contributed by atoms with van der Waals surface area (Å²) in [5.41, 5.74) is 1.06. The fourth-order valence-corrected chi connectivity index (χ4v) is 3.16. The minimum atomic E-state index is 0.401. The van der Waals surface area contributed by atoms with Gasteiger partial charge in [0.05, 0.1) is 6.04 Å². The molecule has 0 radical (unpaired) electrons. The Hall–Kier alpha value is -1.53. The van der Waals surface area contributed by atoms with Gasteiger partial charge in [0.1, 0.15) is 0 Å². The van der Waals surface area contributed by atoms with Crippen molar-refractivity contribution in [2.75, 3.05) is 19.6 Å². The van der Waals surface area contributed by atoms with Gasteiger partial charge in [0.2, 0.25) is 0 Å². The van der Waals surface area contributed by atoms with Crippen molar-refractivity contribution < 1.29 is 0 Å². The average molecular weight is 289 g/mol. The van der Waals surface area contributed by atoms with E-state index in [2.05, 4.69) is 31.6 Å². The first-order valence-corrected chi connectivity index (χ1v) is 7.50. The third-order valence-electron chi connectivity index (χ3n) is 3.94. The lowest BCUT2D eigenvalue weighted by Gasteiger charge is -2.32. The van der Waals surface area contributed by atoms with E-state index in [0.29, 0.717) is 10.8 Å². The van der Waals surface area contributed by atoms with Crippen molar-refractivity contribution in [2.45, 2.75) is 25.8 Å². The van der Waals surface area contributed by atoms with Crippen molar-refractivity contribution in [2.24, 2.45) is 0 Å². The Balaban J connectivity index is 1.97. The molecule has 1 fully saturated rings. The largest absolute Gasteiger partial charge is 0.302 e. The van der Waals surface area contributed by atoms with E-state index in [-0.39, 0.29) is 0 Å². The first kappa shape index (κ1) is 13.5. The number of aromatic amines is 1. The zero-order valence-corrected chi connectivity index (χ0v) is 12.4. The molecule has 2 aromatic heterocycles. The number of hydrogen-bond acceptors (Lipinski definition) is 4. The fourth-order valence-electron chi connectivity index (χ4n) is 2.88. The zero-order valence-electron chi connectivity index (χ0n) is 11.6. The second-order valence-electron chi connectivity index (χ2n) is 5.15. The van der Waals surface area contributed by atoms with E-state index < -0.39 is 0 Å². The van der Waals surface area contributed by atoms with E-state index in [1.54, 1.807) is 12.4 Å². The number of rotatable bonds is 3. The Bertz CT molecular complexity index is 618. The minimum absolute atomic E-state index is 0.401. The van der Waals surface area contributed by atoms with Crippen molar-refractivity contribution in [1.29, 1.82) is 0 Å². The fraction of sp³-hybridized carbons (Fsp3) is 0.500. The highest BCUT2D eigenvalue weighted by molar-refractivity contribution is 7.71. The Morgan fingerprint density at radius 1 is 1.40 bits per heavy atom. The van der Waals surface area contributed by atoms with Gasteiger partial charge in [-0.05, 0) is 50.3 Å². The van der Waals surface area contributed by atoms with Gasteiger partial charge in [-0.1, -0.05) is 6.92 Å². The van der Waals surface area contributed by atoms with Crippen LogP contribution in [0.1, 0.15) is 25.8 Å². The molecule has 20 heavy (non-hydrogen) atoms. The molecule has 1 aliphatic heterocycles. The van der Waals surface area contributed by atoms with Crippen LogP contribution in [0.25, 0.3) is 11.4 Å². The first-order chi connectivity index (χ1) is 9.79. The predicted molar refractivity (Wildman–Crippen MR) is 81.0 cm³/mol. The molecule has 0 amide bonds. The van der Waals surface area contributed by atoms with Crippen molar-refractivity contribution in [3.63, 3.8) is 0 Å². The zero-order chi connectivity index (χ0) is 13.9. The summed E-state index contributed by atoms with van der Waals surface area (Å²) < 4.78 is 2.88. The number of aromatic nitrogens is 4. The summed E-state index contributed by atoms with van der Waals surface area (Å²) >= 11 is 5.44. The molecule has 3 rings (SSSR count). The molecule has 0 saturated carbocycles. The van der Waals surface area contributed by atoms with Crippen molar-refractivity contribution in [3.05, 3.63) is 29.3 Å². The number of pyridine rings is 1. The van der Waals surface area contributed by atoms with Gasteiger partial charge in [-0.2, -0.15) is 5.10 Å². The van der Waals surface area contributed by atoms with Gasteiger partial charge in [0, 0.05) is 24.5 Å². The Labute approximate surface area is 123 Å². The van der Waals surface area contributed by atoms with E-state index in [1.807, 2.05) is 12.1 Å². The summed E-state index contributed by atoms with van der Waals surface area (Å²) in [4.78, 5) is 6.54. The minimum Gasteiger partial charge on any atom is -0.302 e. The standard InChI is InChI=1S/C14H19N5S/c1-2-18-9-3-4-12(10-18)19-13(16-17-14(19)20)11-5-7-15-8-6-11/h5-8,12H,2-4,9-10H2,1H3,(H,17,20). The number of nitrogens with zero attached hydrogens (tertiary/aromatic N) is 4. The van der Waals surface area contributed by atoms with Crippen LogP contribution in [0, 0.1) is 4.77 Å². The lowest BCUT2D eigenvalue weighted by atomic mass is 10.1. The molecule has 0 aliphatic carbocycles. The van der Waals surface area contributed by atoms with Gasteiger partial charge in [-0.3, -0.25) is 14.6 Å². The summed E-state index contributed by atoms with van der Waals surface area (Å²) in [6, 6.07) is 4.35. The topological polar surface area (TPSA) is 49.7 Å². The summed E-state index contributed by atoms with van der Waals surface area (Å²) in [6.45, 7) is 5.53. The Morgan fingerprint density at radius 2 is 2.20 bits per heavy atom. The maximum Gasteiger partial charge on any atom is 0.195 e. The van der Waals surface area contributed by atoms with E-state index in [4.69, 9.17) is 12.2 Å². The third-order valence-corrected chi connectivity index (χ3v) is 4.22.